The summed E-state index contributed by atoms with van der Waals surface area (Å²) in [6.07, 6.45) is 4.67. The van der Waals surface area contributed by atoms with Gasteiger partial charge in [-0.15, -0.1) is 0 Å². The van der Waals surface area contributed by atoms with E-state index in [9.17, 15) is 9.90 Å². The van der Waals surface area contributed by atoms with E-state index < -0.39 is 5.60 Å². The monoisotopic (exact) mass is 513 g/mol. The number of aromatic amines is 1. The molecule has 8 nitrogen and oxygen atoms in total. The Hall–Kier alpha value is -3.46. The second kappa shape index (κ2) is 9.38. The zero-order chi connectivity index (χ0) is 26.6. The molecule has 1 atom stereocenters. The summed E-state index contributed by atoms with van der Waals surface area (Å²) in [7, 11) is 2.03. The van der Waals surface area contributed by atoms with Crippen molar-refractivity contribution in [3.05, 3.63) is 65.2 Å². The van der Waals surface area contributed by atoms with Gasteiger partial charge in [0.2, 0.25) is 0 Å². The first-order valence-corrected chi connectivity index (χ1v) is 13.3. The van der Waals surface area contributed by atoms with Crippen LogP contribution in [0.3, 0.4) is 0 Å². The molecule has 1 fully saturated rings. The highest BCUT2D eigenvalue weighted by molar-refractivity contribution is 5.98. The maximum absolute atomic E-state index is 12.9. The van der Waals surface area contributed by atoms with E-state index in [0.29, 0.717) is 26.3 Å². The number of imidazole rings is 1. The molecule has 2 aliphatic heterocycles. The van der Waals surface area contributed by atoms with E-state index in [1.807, 2.05) is 20.3 Å². The number of fused-ring (bicyclic) bond motifs is 2. The maximum Gasteiger partial charge on any atom is 0.254 e. The first-order valence-electron chi connectivity index (χ1n) is 13.3. The molecule has 6 rings (SSSR count). The van der Waals surface area contributed by atoms with E-state index in [-0.39, 0.29) is 11.9 Å². The van der Waals surface area contributed by atoms with Crippen molar-refractivity contribution in [2.45, 2.75) is 45.4 Å². The molecule has 0 bridgehead atoms. The van der Waals surface area contributed by atoms with Gasteiger partial charge in [0.05, 0.1) is 37.0 Å². The highest BCUT2D eigenvalue weighted by Gasteiger charge is 2.33. The predicted molar refractivity (Wildman–Crippen MR) is 148 cm³/mol. The van der Waals surface area contributed by atoms with Crippen molar-refractivity contribution in [3.8, 4) is 22.4 Å². The smallest absolute Gasteiger partial charge is 0.254 e. The van der Waals surface area contributed by atoms with Crippen LogP contribution in [-0.2, 0) is 29.5 Å². The Labute approximate surface area is 222 Å². The summed E-state index contributed by atoms with van der Waals surface area (Å²) in [5.74, 6) is -0.234. The molecule has 2 aromatic carbocycles. The third-order valence-corrected chi connectivity index (χ3v) is 7.87. The zero-order valence-corrected chi connectivity index (χ0v) is 22.5. The van der Waals surface area contributed by atoms with Crippen LogP contribution < -0.4 is 5.32 Å². The van der Waals surface area contributed by atoms with Gasteiger partial charge in [-0.2, -0.15) is 0 Å². The maximum atomic E-state index is 12.9. The van der Waals surface area contributed by atoms with Crippen molar-refractivity contribution < 1.29 is 14.6 Å². The van der Waals surface area contributed by atoms with Crippen molar-refractivity contribution in [2.24, 2.45) is 7.05 Å². The number of morpholine rings is 1. The third kappa shape index (κ3) is 4.32. The van der Waals surface area contributed by atoms with E-state index in [1.165, 1.54) is 11.1 Å². The van der Waals surface area contributed by atoms with E-state index in [0.717, 1.165) is 57.5 Å². The van der Waals surface area contributed by atoms with Gasteiger partial charge in [-0.05, 0) is 73.2 Å². The first kappa shape index (κ1) is 24.9. The van der Waals surface area contributed by atoms with E-state index in [2.05, 4.69) is 56.4 Å². The molecule has 0 spiro atoms. The zero-order valence-electron chi connectivity index (χ0n) is 22.5. The molecule has 0 unspecified atom stereocenters. The van der Waals surface area contributed by atoms with Crippen molar-refractivity contribution in [1.82, 2.24) is 24.8 Å². The van der Waals surface area contributed by atoms with E-state index in [1.54, 1.807) is 18.7 Å². The van der Waals surface area contributed by atoms with Gasteiger partial charge in [0.15, 0.2) is 0 Å². The van der Waals surface area contributed by atoms with Crippen molar-refractivity contribution in [1.29, 1.82) is 0 Å². The Balaban J connectivity index is 1.45. The molecule has 8 heteroatoms. The Bertz CT molecular complexity index is 1500. The van der Waals surface area contributed by atoms with Gasteiger partial charge in [0, 0.05) is 49.3 Å². The molecule has 1 saturated heterocycles. The number of aliphatic hydroxyl groups is 1. The summed E-state index contributed by atoms with van der Waals surface area (Å²) < 4.78 is 7.90. The molecular formula is C30H35N5O3. The minimum atomic E-state index is -1.39. The molecule has 2 aliphatic rings. The standard InChI is InChI=1S/C30H35N5O3/c1-18-28(34(4)17-33-18)24-14-32-26-6-5-19(12-22(24)26)21-11-20-7-9-35(29(36)30(2,3)37)15-25(20)23(13-21)27-16-38-10-8-31-27/h5-6,11-14,17,27,31-32,37H,7-10,15-16H2,1-4H3/t27-/m0/s1. The molecule has 3 N–H and O–H groups in total. The average molecular weight is 514 g/mol. The summed E-state index contributed by atoms with van der Waals surface area (Å²) in [6.45, 7) is 8.32. The second-order valence-corrected chi connectivity index (χ2v) is 11.1. The number of hydrogen-bond acceptors (Lipinski definition) is 5. The van der Waals surface area contributed by atoms with Gasteiger partial charge in [-0.25, -0.2) is 4.98 Å². The molecule has 38 heavy (non-hydrogen) atoms. The summed E-state index contributed by atoms with van der Waals surface area (Å²) in [5, 5.41) is 15.1. The number of aromatic nitrogens is 3. The molecule has 2 aromatic heterocycles. The van der Waals surface area contributed by atoms with Gasteiger partial charge in [-0.3, -0.25) is 4.79 Å². The molecule has 0 saturated carbocycles. The largest absolute Gasteiger partial charge is 0.381 e. The minimum Gasteiger partial charge on any atom is -0.381 e. The lowest BCUT2D eigenvalue weighted by molar-refractivity contribution is -0.148. The molecular weight excluding hydrogens is 478 g/mol. The topological polar surface area (TPSA) is 95.4 Å². The number of carbonyl (C=O) groups is 1. The number of nitrogens with zero attached hydrogens (tertiary/aromatic N) is 3. The van der Waals surface area contributed by atoms with Gasteiger partial charge >= 0.3 is 0 Å². The Morgan fingerprint density at radius 1 is 1.21 bits per heavy atom. The number of benzene rings is 2. The van der Waals surface area contributed by atoms with Crippen molar-refractivity contribution in [2.75, 3.05) is 26.3 Å². The quantitative estimate of drug-likeness (QED) is 0.385. The normalized spacial score (nSPS) is 18.1. The lowest BCUT2D eigenvalue weighted by Gasteiger charge is -2.36. The van der Waals surface area contributed by atoms with Crippen molar-refractivity contribution >= 4 is 16.8 Å². The van der Waals surface area contributed by atoms with Crippen LogP contribution in [0.4, 0.5) is 0 Å². The highest BCUT2D eigenvalue weighted by atomic mass is 16.5. The lowest BCUT2D eigenvalue weighted by atomic mass is 9.86. The molecule has 4 aromatic rings. The number of rotatable bonds is 4. The number of amides is 1. The molecule has 1 amide bonds. The molecule has 4 heterocycles. The van der Waals surface area contributed by atoms with Gasteiger partial charge in [0.1, 0.15) is 5.60 Å². The van der Waals surface area contributed by atoms with Crippen LogP contribution >= 0.6 is 0 Å². The van der Waals surface area contributed by atoms with Gasteiger partial charge in [0.25, 0.3) is 5.91 Å². The van der Waals surface area contributed by atoms with Crippen LogP contribution in [0.25, 0.3) is 33.3 Å². The van der Waals surface area contributed by atoms with Crippen LogP contribution in [0.5, 0.6) is 0 Å². The fourth-order valence-electron chi connectivity index (χ4n) is 5.93. The van der Waals surface area contributed by atoms with Crippen LogP contribution in [0, 0.1) is 6.92 Å². The number of H-pyrrole nitrogens is 1. The van der Waals surface area contributed by atoms with Crippen LogP contribution in [0.15, 0.2) is 42.9 Å². The minimum absolute atomic E-state index is 0.0540. The predicted octanol–water partition coefficient (Wildman–Crippen LogP) is 3.86. The number of ether oxygens (including phenoxy) is 1. The van der Waals surface area contributed by atoms with Crippen LogP contribution in [0.1, 0.15) is 42.3 Å². The highest BCUT2D eigenvalue weighted by Crippen LogP contribution is 2.37. The average Bonchev–Trinajstić information content (AvgIpc) is 3.48. The van der Waals surface area contributed by atoms with Crippen molar-refractivity contribution in [3.63, 3.8) is 0 Å². The Kier molecular flexibility index (Phi) is 6.13. The molecule has 0 radical (unpaired) electrons. The van der Waals surface area contributed by atoms with Crippen LogP contribution in [0.2, 0.25) is 0 Å². The summed E-state index contributed by atoms with van der Waals surface area (Å²) in [6, 6.07) is 11.2. The SMILES string of the molecule is Cc1ncn(C)c1-c1c[nH]c2ccc(-c3cc4c(c([C@@H]5COCCN5)c3)CN(C(=O)C(C)(C)O)CC4)cc12. The second-order valence-electron chi connectivity index (χ2n) is 11.1. The fourth-order valence-corrected chi connectivity index (χ4v) is 5.93. The van der Waals surface area contributed by atoms with E-state index in [4.69, 9.17) is 4.74 Å². The number of nitrogens with one attached hydrogen (secondary N) is 2. The number of carbonyl (C=O) groups excluding carboxylic acids is 1. The number of aryl methyl sites for hydroxylation is 2. The molecule has 0 aliphatic carbocycles. The summed E-state index contributed by atoms with van der Waals surface area (Å²) in [4.78, 5) is 22.6. The Morgan fingerprint density at radius 3 is 2.76 bits per heavy atom. The summed E-state index contributed by atoms with van der Waals surface area (Å²) in [5.41, 5.74) is 8.84. The lowest BCUT2D eigenvalue weighted by Crippen LogP contribution is -2.47. The summed E-state index contributed by atoms with van der Waals surface area (Å²) >= 11 is 0. The van der Waals surface area contributed by atoms with E-state index >= 15 is 0 Å². The third-order valence-electron chi connectivity index (χ3n) is 7.87. The molecule has 198 valence electrons. The first-order chi connectivity index (χ1) is 18.2. The Morgan fingerprint density at radius 2 is 2.05 bits per heavy atom. The van der Waals surface area contributed by atoms with Gasteiger partial charge < -0.3 is 29.6 Å². The van der Waals surface area contributed by atoms with Gasteiger partial charge in [-0.1, -0.05) is 12.1 Å². The number of hydrogen-bond donors (Lipinski definition) is 3. The van der Waals surface area contributed by atoms with Crippen LogP contribution in [-0.4, -0.2) is 62.4 Å². The fraction of sp³-hybridized carbons (Fsp3) is 0.400.